The van der Waals surface area contributed by atoms with Crippen LogP contribution in [-0.2, 0) is 14.8 Å². The highest BCUT2D eigenvalue weighted by Gasteiger charge is 2.27. The second-order valence-electron chi connectivity index (χ2n) is 6.61. The number of sulfonamides is 1. The lowest BCUT2D eigenvalue weighted by Gasteiger charge is -2.24. The monoisotopic (exact) mass is 424 g/mol. The van der Waals surface area contributed by atoms with E-state index in [1.165, 1.54) is 12.1 Å². The van der Waals surface area contributed by atoms with Crippen molar-refractivity contribution in [3.05, 3.63) is 84.4 Å². The lowest BCUT2D eigenvalue weighted by atomic mass is 10.2. The molecule has 0 saturated carbocycles. The van der Waals surface area contributed by atoms with Crippen LogP contribution >= 0.6 is 0 Å². The van der Waals surface area contributed by atoms with Crippen molar-refractivity contribution in [2.45, 2.75) is 18.7 Å². The van der Waals surface area contributed by atoms with Crippen molar-refractivity contribution in [1.29, 1.82) is 0 Å². The summed E-state index contributed by atoms with van der Waals surface area (Å²) in [5.74, 6) is 0.155. The molecule has 0 aliphatic carbocycles. The maximum Gasteiger partial charge on any atom is 0.264 e. The van der Waals surface area contributed by atoms with E-state index in [0.717, 1.165) is 9.87 Å². The zero-order chi connectivity index (χ0) is 21.6. The SMILES string of the molecule is CCOc1ccc(S(=O)(=O)N(CC(=O)Nc2ccccc2C)c2ccccc2)cc1. The number of hydrogen-bond acceptors (Lipinski definition) is 4. The molecule has 0 heterocycles. The van der Waals surface area contributed by atoms with Crippen molar-refractivity contribution in [3.63, 3.8) is 0 Å². The summed E-state index contributed by atoms with van der Waals surface area (Å²) in [6.07, 6.45) is 0. The number of anilines is 2. The third kappa shape index (κ3) is 4.99. The van der Waals surface area contributed by atoms with Gasteiger partial charge in [-0.2, -0.15) is 0 Å². The number of nitrogens with one attached hydrogen (secondary N) is 1. The number of carbonyl (C=O) groups is 1. The molecular weight excluding hydrogens is 400 g/mol. The van der Waals surface area contributed by atoms with E-state index in [1.807, 2.05) is 32.0 Å². The number of benzene rings is 3. The molecule has 30 heavy (non-hydrogen) atoms. The van der Waals surface area contributed by atoms with Gasteiger partial charge in [0.25, 0.3) is 10.0 Å². The molecule has 0 aliphatic heterocycles. The molecule has 3 aromatic carbocycles. The van der Waals surface area contributed by atoms with Crippen LogP contribution < -0.4 is 14.4 Å². The maximum atomic E-state index is 13.4. The zero-order valence-corrected chi connectivity index (χ0v) is 17.7. The Morgan fingerprint density at radius 2 is 1.57 bits per heavy atom. The van der Waals surface area contributed by atoms with Crippen LogP contribution in [0.5, 0.6) is 5.75 Å². The average Bonchev–Trinajstić information content (AvgIpc) is 2.75. The number of carbonyl (C=O) groups excluding carboxylic acids is 1. The number of aryl methyl sites for hydroxylation is 1. The van der Waals surface area contributed by atoms with E-state index in [9.17, 15) is 13.2 Å². The van der Waals surface area contributed by atoms with E-state index < -0.39 is 15.9 Å². The summed E-state index contributed by atoms with van der Waals surface area (Å²) in [5.41, 5.74) is 1.95. The normalized spacial score (nSPS) is 11.0. The van der Waals surface area contributed by atoms with Crippen LogP contribution in [0.3, 0.4) is 0 Å². The summed E-state index contributed by atoms with van der Waals surface area (Å²) < 4.78 is 33.2. The van der Waals surface area contributed by atoms with Crippen molar-refractivity contribution >= 4 is 27.3 Å². The molecule has 1 N–H and O–H groups in total. The third-order valence-electron chi connectivity index (χ3n) is 4.47. The van der Waals surface area contributed by atoms with Gasteiger partial charge in [-0.3, -0.25) is 9.10 Å². The van der Waals surface area contributed by atoms with Crippen LogP contribution in [0.2, 0.25) is 0 Å². The fourth-order valence-corrected chi connectivity index (χ4v) is 4.37. The van der Waals surface area contributed by atoms with Crippen molar-refractivity contribution in [2.24, 2.45) is 0 Å². The molecule has 3 aromatic rings. The first kappa shape index (κ1) is 21.4. The van der Waals surface area contributed by atoms with Crippen LogP contribution in [0.25, 0.3) is 0 Å². The van der Waals surface area contributed by atoms with E-state index >= 15 is 0 Å². The van der Waals surface area contributed by atoms with Gasteiger partial charge in [0, 0.05) is 5.69 Å². The largest absolute Gasteiger partial charge is 0.494 e. The van der Waals surface area contributed by atoms with E-state index in [0.29, 0.717) is 23.7 Å². The minimum absolute atomic E-state index is 0.0819. The van der Waals surface area contributed by atoms with Gasteiger partial charge >= 0.3 is 0 Å². The Morgan fingerprint density at radius 3 is 2.20 bits per heavy atom. The van der Waals surface area contributed by atoms with E-state index in [-0.39, 0.29) is 11.4 Å². The van der Waals surface area contributed by atoms with E-state index in [1.54, 1.807) is 48.5 Å². The highest BCUT2D eigenvalue weighted by Crippen LogP contribution is 2.25. The minimum Gasteiger partial charge on any atom is -0.494 e. The predicted octanol–water partition coefficient (Wildman–Crippen LogP) is 4.23. The Bertz CT molecular complexity index is 1100. The van der Waals surface area contributed by atoms with Gasteiger partial charge in [-0.15, -0.1) is 0 Å². The molecule has 6 nitrogen and oxygen atoms in total. The van der Waals surface area contributed by atoms with E-state index in [2.05, 4.69) is 5.32 Å². The lowest BCUT2D eigenvalue weighted by molar-refractivity contribution is -0.114. The molecule has 0 radical (unpaired) electrons. The first-order valence-electron chi connectivity index (χ1n) is 9.58. The molecule has 0 aliphatic rings. The average molecular weight is 425 g/mol. The Labute approximate surface area is 177 Å². The molecule has 0 aromatic heterocycles. The van der Waals surface area contributed by atoms with Gasteiger partial charge in [0.1, 0.15) is 12.3 Å². The molecule has 156 valence electrons. The van der Waals surface area contributed by atoms with Gasteiger partial charge in [0.05, 0.1) is 17.2 Å². The summed E-state index contributed by atoms with van der Waals surface area (Å²) in [5, 5.41) is 2.79. The maximum absolute atomic E-state index is 13.4. The van der Waals surface area contributed by atoms with Crippen molar-refractivity contribution in [3.8, 4) is 5.75 Å². The molecule has 0 spiro atoms. The second-order valence-corrected chi connectivity index (χ2v) is 8.48. The summed E-state index contributed by atoms with van der Waals surface area (Å²) in [6.45, 7) is 3.87. The van der Waals surface area contributed by atoms with Crippen molar-refractivity contribution in [1.82, 2.24) is 0 Å². The molecule has 0 unspecified atom stereocenters. The van der Waals surface area contributed by atoms with Crippen LogP contribution in [-0.4, -0.2) is 27.5 Å². The van der Waals surface area contributed by atoms with Gasteiger partial charge in [0.2, 0.25) is 5.91 Å². The van der Waals surface area contributed by atoms with E-state index in [4.69, 9.17) is 4.74 Å². The Hall–Kier alpha value is -3.32. The van der Waals surface area contributed by atoms with Crippen LogP contribution in [0.4, 0.5) is 11.4 Å². The summed E-state index contributed by atoms with van der Waals surface area (Å²) in [4.78, 5) is 12.8. The first-order valence-corrected chi connectivity index (χ1v) is 11.0. The highest BCUT2D eigenvalue weighted by molar-refractivity contribution is 7.92. The van der Waals surface area contributed by atoms with Crippen molar-refractivity contribution in [2.75, 3.05) is 22.8 Å². The molecule has 0 saturated heterocycles. The summed E-state index contributed by atoms with van der Waals surface area (Å²) in [7, 11) is -3.97. The molecule has 0 bridgehead atoms. The zero-order valence-electron chi connectivity index (χ0n) is 16.9. The van der Waals surface area contributed by atoms with Gasteiger partial charge in [-0.05, 0) is 61.9 Å². The highest BCUT2D eigenvalue weighted by atomic mass is 32.2. The predicted molar refractivity (Wildman–Crippen MR) is 118 cm³/mol. The molecule has 7 heteroatoms. The Kier molecular flexibility index (Phi) is 6.74. The van der Waals surface area contributed by atoms with Crippen LogP contribution in [0, 0.1) is 6.92 Å². The molecule has 1 amide bonds. The smallest absolute Gasteiger partial charge is 0.264 e. The fourth-order valence-electron chi connectivity index (χ4n) is 2.94. The van der Waals surface area contributed by atoms with Crippen molar-refractivity contribution < 1.29 is 17.9 Å². The number of nitrogens with zero attached hydrogens (tertiary/aromatic N) is 1. The fraction of sp³-hybridized carbons (Fsp3) is 0.174. The van der Waals surface area contributed by atoms with Crippen LogP contribution in [0.1, 0.15) is 12.5 Å². The number of amides is 1. The Balaban J connectivity index is 1.90. The topological polar surface area (TPSA) is 75.7 Å². The number of rotatable bonds is 8. The van der Waals surface area contributed by atoms with Gasteiger partial charge in [0.15, 0.2) is 0 Å². The summed E-state index contributed by atoms with van der Waals surface area (Å²) in [6, 6.07) is 22.1. The van der Waals surface area contributed by atoms with Gasteiger partial charge in [-0.25, -0.2) is 8.42 Å². The number of ether oxygens (including phenoxy) is 1. The first-order chi connectivity index (χ1) is 14.4. The van der Waals surface area contributed by atoms with Crippen LogP contribution in [0.15, 0.2) is 83.8 Å². The Morgan fingerprint density at radius 1 is 0.933 bits per heavy atom. The number of hydrogen-bond donors (Lipinski definition) is 1. The molecule has 3 rings (SSSR count). The minimum atomic E-state index is -3.97. The van der Waals surface area contributed by atoms with Gasteiger partial charge < -0.3 is 10.1 Å². The molecule has 0 fully saturated rings. The van der Waals surface area contributed by atoms with Gasteiger partial charge in [-0.1, -0.05) is 36.4 Å². The second kappa shape index (κ2) is 9.45. The molecular formula is C23H24N2O4S. The number of para-hydroxylation sites is 2. The summed E-state index contributed by atoms with van der Waals surface area (Å²) >= 11 is 0. The lowest BCUT2D eigenvalue weighted by Crippen LogP contribution is -2.38. The quantitative estimate of drug-likeness (QED) is 0.587. The standard InChI is InChI=1S/C23H24N2O4S/c1-3-29-20-13-15-21(16-14-20)30(27,28)25(19-10-5-4-6-11-19)17-23(26)24-22-12-8-7-9-18(22)2/h4-16H,3,17H2,1-2H3,(H,24,26). The third-order valence-corrected chi connectivity index (χ3v) is 6.26. The molecule has 0 atom stereocenters.